The number of rotatable bonds is 27. The number of carbonyl (C=O) groups is 11. The highest BCUT2D eigenvalue weighted by molar-refractivity contribution is 9.09. The summed E-state index contributed by atoms with van der Waals surface area (Å²) in [5.74, 6) is -3.85. The van der Waals surface area contributed by atoms with E-state index in [9.17, 15) is 52.7 Å². The van der Waals surface area contributed by atoms with Gasteiger partial charge in [-0.15, -0.1) is 0 Å². The van der Waals surface area contributed by atoms with Crippen LogP contribution < -0.4 is 58.3 Å². The van der Waals surface area contributed by atoms with E-state index in [0.717, 1.165) is 46.5 Å². The Balaban J connectivity index is 0.864. The molecule has 13 amide bonds. The van der Waals surface area contributed by atoms with Gasteiger partial charge in [0.2, 0.25) is 23.6 Å². The van der Waals surface area contributed by atoms with Crippen molar-refractivity contribution >= 4 is 120 Å². The summed E-state index contributed by atoms with van der Waals surface area (Å²) in [6.07, 6.45) is 1.92. The summed E-state index contributed by atoms with van der Waals surface area (Å²) >= 11 is 3.67. The van der Waals surface area contributed by atoms with Crippen LogP contribution in [0.3, 0.4) is 0 Å². The lowest BCUT2D eigenvalue weighted by Crippen LogP contribution is -2.53. The predicted molar refractivity (Wildman–Crippen MR) is 325 cm³/mol. The number of primary amides is 2. The molecule has 0 saturated carbocycles. The van der Waals surface area contributed by atoms with Crippen molar-refractivity contribution in [1.29, 1.82) is 0 Å². The van der Waals surface area contributed by atoms with Gasteiger partial charge in [0.15, 0.2) is 0 Å². The number of urea groups is 2. The molecule has 27 nitrogen and oxygen atoms in total. The minimum atomic E-state index is -1.21. The highest BCUT2D eigenvalue weighted by Gasteiger charge is 2.37. The maximum absolute atomic E-state index is 14.5. The fraction of sp³-hybridized carbons (Fsp3) is 0.373. The number of alkyl halides is 1. The molecule has 0 radical (unpaired) electrons. The zero-order valence-electron chi connectivity index (χ0n) is 47.7. The second-order valence-corrected chi connectivity index (χ2v) is 21.6. The first kappa shape index (κ1) is 63.6. The number of likely N-dealkylation sites (N-methyl/N-ethyl adjacent to an activating group) is 1. The van der Waals surface area contributed by atoms with Crippen molar-refractivity contribution in [2.45, 2.75) is 56.5 Å². The van der Waals surface area contributed by atoms with Gasteiger partial charge in [-0.3, -0.25) is 43.3 Å². The number of carbonyl (C=O) groups excluding carboxylic acids is 11. The third-order valence-corrected chi connectivity index (χ3v) is 15.6. The Morgan fingerprint density at radius 3 is 2.02 bits per heavy atom. The van der Waals surface area contributed by atoms with Crippen LogP contribution in [0.15, 0.2) is 91.0 Å². The quantitative estimate of drug-likeness (QED) is 0.0205. The van der Waals surface area contributed by atoms with E-state index >= 15 is 0 Å². The Kier molecular flexibility index (Phi) is 22.0. The molecule has 87 heavy (non-hydrogen) atoms. The van der Waals surface area contributed by atoms with Crippen molar-refractivity contribution in [3.8, 4) is 5.75 Å². The fourth-order valence-corrected chi connectivity index (χ4v) is 10.7. The second kappa shape index (κ2) is 30.1. The number of aromatic amines is 1. The molecule has 3 aliphatic heterocycles. The monoisotopic (exact) mass is 1260 g/mol. The van der Waals surface area contributed by atoms with E-state index < -0.39 is 71.6 Å². The molecule has 1 fully saturated rings. The standard InChI is InChI=1S/C59H69BrN14O13/c1-71-24-26-72(27-25-71)59(85)87-47-32-46-52(41-7-3-2-6-40(41)47)37(33-60)34-74(46)56(82)45-31-36-30-39(14-15-42(36)68-45)67-53(79)35-10-12-38(13-11-35)66-54(80)44(9-5-21-65-58(62)84)70-55(81)43(8-4-20-64-57(61)83)69-49(76)19-28-86-29-22-63-48(75)18-23-73-50(77)16-17-51(73)78/h2-3,6-7,10-17,30-32,37,43-44,68H,4-5,8-9,18-29,33-34H2,1H3,(H,63,75)(H,66,80)(H,67,79)(H,69,76)(H,70,81)(H3,61,64,83)(H3,62,65,84)/t37-,43+,44+/m1/s1. The average molecular weight is 1260 g/mol. The number of anilines is 3. The van der Waals surface area contributed by atoms with Crippen LogP contribution in [0.1, 0.15) is 70.9 Å². The highest BCUT2D eigenvalue weighted by atomic mass is 79.9. The number of hydrogen-bond donors (Lipinski definition) is 10. The van der Waals surface area contributed by atoms with Gasteiger partial charge in [-0.25, -0.2) is 14.4 Å². The third kappa shape index (κ3) is 17.2. The lowest BCUT2D eigenvalue weighted by molar-refractivity contribution is -0.137. The third-order valence-electron chi connectivity index (χ3n) is 14.8. The number of nitrogens with two attached hydrogens (primary N) is 2. The Morgan fingerprint density at radius 2 is 1.36 bits per heavy atom. The summed E-state index contributed by atoms with van der Waals surface area (Å²) in [4.78, 5) is 151. The van der Waals surface area contributed by atoms with Crippen molar-refractivity contribution < 1.29 is 62.2 Å². The number of H-pyrrole nitrogens is 1. The summed E-state index contributed by atoms with van der Waals surface area (Å²) in [5.41, 5.74) is 14.0. The van der Waals surface area contributed by atoms with Crippen molar-refractivity contribution in [3.05, 3.63) is 108 Å². The molecule has 28 heteroatoms. The second-order valence-electron chi connectivity index (χ2n) is 21.0. The van der Waals surface area contributed by atoms with Crippen molar-refractivity contribution in [3.63, 3.8) is 0 Å². The molecule has 1 saturated heterocycles. The normalized spacial score (nSPS) is 15.4. The van der Waals surface area contributed by atoms with Crippen LogP contribution in [-0.2, 0) is 33.5 Å². The molecule has 3 atom stereocenters. The highest BCUT2D eigenvalue weighted by Crippen LogP contribution is 2.46. The maximum Gasteiger partial charge on any atom is 0.415 e. The maximum atomic E-state index is 14.5. The number of amides is 13. The minimum Gasteiger partial charge on any atom is -0.409 e. The number of halogens is 1. The number of hydrogen-bond acceptors (Lipinski definition) is 14. The molecule has 3 aliphatic rings. The van der Waals surface area contributed by atoms with Gasteiger partial charge in [-0.2, -0.15) is 0 Å². The van der Waals surface area contributed by atoms with E-state index in [1.54, 1.807) is 40.1 Å². The van der Waals surface area contributed by atoms with Crippen LogP contribution in [-0.4, -0.2) is 182 Å². The summed E-state index contributed by atoms with van der Waals surface area (Å²) in [6, 6.07) is 18.4. The first-order chi connectivity index (χ1) is 41.8. The Labute approximate surface area is 508 Å². The number of fused-ring (bicyclic) bond motifs is 4. The van der Waals surface area contributed by atoms with E-state index in [1.165, 1.54) is 24.3 Å². The fourth-order valence-electron chi connectivity index (χ4n) is 10.2. The van der Waals surface area contributed by atoms with Gasteiger partial charge in [0.1, 0.15) is 23.5 Å². The molecule has 460 valence electrons. The molecule has 1 aromatic heterocycles. The molecule has 0 aliphatic carbocycles. The number of aromatic nitrogens is 1. The van der Waals surface area contributed by atoms with Gasteiger partial charge in [-0.1, -0.05) is 40.2 Å². The van der Waals surface area contributed by atoms with Crippen molar-refractivity contribution in [1.82, 2.24) is 46.3 Å². The number of imide groups is 1. The van der Waals surface area contributed by atoms with Crippen LogP contribution in [0.2, 0.25) is 0 Å². The van der Waals surface area contributed by atoms with Gasteiger partial charge in [-0.05, 0) is 92.2 Å². The van der Waals surface area contributed by atoms with E-state index in [1.807, 2.05) is 31.3 Å². The zero-order valence-corrected chi connectivity index (χ0v) is 49.3. The minimum absolute atomic E-state index is 0.0117. The van der Waals surface area contributed by atoms with E-state index in [4.69, 9.17) is 20.9 Å². The summed E-state index contributed by atoms with van der Waals surface area (Å²) < 4.78 is 11.6. The first-order valence-corrected chi connectivity index (χ1v) is 29.5. The van der Waals surface area contributed by atoms with Crippen molar-refractivity contribution in [2.75, 3.05) is 100 Å². The van der Waals surface area contributed by atoms with Crippen LogP contribution in [0.25, 0.3) is 21.7 Å². The number of ether oxygens (including phenoxy) is 2. The van der Waals surface area contributed by atoms with E-state index in [2.05, 4.69) is 63.0 Å². The Morgan fingerprint density at radius 1 is 0.701 bits per heavy atom. The molecule has 5 aromatic rings. The smallest absolute Gasteiger partial charge is 0.409 e. The summed E-state index contributed by atoms with van der Waals surface area (Å²) in [5, 5.41) is 21.3. The number of benzene rings is 4. The largest absolute Gasteiger partial charge is 0.415 e. The van der Waals surface area contributed by atoms with Crippen molar-refractivity contribution in [2.24, 2.45) is 11.5 Å². The number of nitrogens with zero attached hydrogens (tertiary/aromatic N) is 4. The van der Waals surface area contributed by atoms with Crippen LogP contribution >= 0.6 is 15.9 Å². The molecule has 4 heterocycles. The molecule has 0 unspecified atom stereocenters. The van der Waals surface area contributed by atoms with Crippen LogP contribution in [0.4, 0.5) is 31.4 Å². The average Bonchev–Trinajstić information content (AvgIpc) is 2.06. The molecule has 0 bridgehead atoms. The van der Waals surface area contributed by atoms with Gasteiger partial charge >= 0.3 is 18.2 Å². The predicted octanol–water partition coefficient (Wildman–Crippen LogP) is 3.10. The lowest BCUT2D eigenvalue weighted by Gasteiger charge is -2.31. The van der Waals surface area contributed by atoms with Gasteiger partial charge < -0.3 is 77.8 Å². The van der Waals surface area contributed by atoms with Gasteiger partial charge in [0.25, 0.3) is 23.6 Å². The molecule has 12 N–H and O–H groups in total. The van der Waals surface area contributed by atoms with E-state index in [0.29, 0.717) is 58.7 Å². The SMILES string of the molecule is CN1CCN(C(=O)Oc2cc3c(c4ccccc24)[C@H](CBr)CN3C(=O)c2cc3cc(NC(=O)c4ccc(NC(=O)[C@H](CCCNC(N)=O)NC(=O)[C@H](CCCNC(N)=O)NC(=O)CCOCCNC(=O)CCN5C(=O)C=CC5=O)cc4)ccc3[nH]2)CC1. The van der Waals surface area contributed by atoms with Crippen LogP contribution in [0, 0.1) is 0 Å². The number of nitrogens with one attached hydrogen (secondary N) is 8. The topological polar surface area (TPSA) is 371 Å². The first-order valence-electron chi connectivity index (χ1n) is 28.3. The van der Waals surface area contributed by atoms with E-state index in [-0.39, 0.29) is 101 Å². The van der Waals surface area contributed by atoms with Crippen LogP contribution in [0.5, 0.6) is 5.75 Å². The molecule has 0 spiro atoms. The number of piperazine rings is 1. The van der Waals surface area contributed by atoms with Gasteiger partial charge in [0, 0.05) is 134 Å². The summed E-state index contributed by atoms with van der Waals surface area (Å²) in [6.45, 7) is 2.98. The molecule has 8 rings (SSSR count). The lowest BCUT2D eigenvalue weighted by atomic mass is 9.95. The summed E-state index contributed by atoms with van der Waals surface area (Å²) in [7, 11) is 2.01. The Hall–Kier alpha value is -9.41. The Bertz CT molecular complexity index is 3440. The van der Waals surface area contributed by atoms with Gasteiger partial charge in [0.05, 0.1) is 18.9 Å². The molecule has 4 aromatic carbocycles. The zero-order chi connectivity index (χ0) is 62.1. The molecular formula is C59H69BrN14O13. The molecular weight excluding hydrogens is 1190 g/mol.